The molecular weight excluding hydrogens is 312 g/mol. The number of benzene rings is 1. The summed E-state index contributed by atoms with van der Waals surface area (Å²) in [7, 11) is 0. The number of hydrogen-bond acceptors (Lipinski definition) is 4. The van der Waals surface area contributed by atoms with E-state index >= 15 is 0 Å². The van der Waals surface area contributed by atoms with E-state index in [-0.39, 0.29) is 12.5 Å². The fourth-order valence-electron chi connectivity index (χ4n) is 2.68. The fourth-order valence-corrected chi connectivity index (χ4v) is 2.68. The smallest absolute Gasteiger partial charge is 0.248 e. The standard InChI is InChI=1S/C16H15N3O.C4H11N/c1-2-19-14-9-4-3-7-12(14)16(18-11-15(19)20)13-8-5-6-10-17-13;1-3-5-4-2/h3-10H,2,11H2,1H3;5H,3-4H2,1-2H3. The molecule has 25 heavy (non-hydrogen) atoms. The number of rotatable bonds is 4. The lowest BCUT2D eigenvalue weighted by Crippen LogP contribution is -2.32. The van der Waals surface area contributed by atoms with E-state index in [2.05, 4.69) is 29.1 Å². The van der Waals surface area contributed by atoms with Gasteiger partial charge in [-0.25, -0.2) is 0 Å². The number of amides is 1. The minimum Gasteiger partial charge on any atom is -0.317 e. The van der Waals surface area contributed by atoms with Gasteiger partial charge in [-0.15, -0.1) is 0 Å². The van der Waals surface area contributed by atoms with Crippen LogP contribution < -0.4 is 10.2 Å². The lowest BCUT2D eigenvalue weighted by molar-refractivity contribution is -0.117. The molecule has 1 amide bonds. The number of para-hydroxylation sites is 1. The van der Waals surface area contributed by atoms with E-state index in [0.717, 1.165) is 35.7 Å². The molecule has 0 radical (unpaired) electrons. The molecule has 132 valence electrons. The summed E-state index contributed by atoms with van der Waals surface area (Å²) >= 11 is 0. The topological polar surface area (TPSA) is 57.6 Å². The molecular formula is C20H26N4O. The second-order valence-electron chi connectivity index (χ2n) is 5.49. The Morgan fingerprint density at radius 2 is 1.76 bits per heavy atom. The number of pyridine rings is 1. The summed E-state index contributed by atoms with van der Waals surface area (Å²) in [5.41, 5.74) is 3.44. The Balaban J connectivity index is 0.000000399. The van der Waals surface area contributed by atoms with Crippen molar-refractivity contribution in [1.82, 2.24) is 10.3 Å². The third kappa shape index (κ3) is 4.73. The van der Waals surface area contributed by atoms with Crippen LogP contribution in [-0.4, -0.2) is 42.8 Å². The van der Waals surface area contributed by atoms with Crippen molar-refractivity contribution in [3.63, 3.8) is 0 Å². The van der Waals surface area contributed by atoms with Crippen LogP contribution in [0.4, 0.5) is 5.69 Å². The number of likely N-dealkylation sites (N-methyl/N-ethyl adjacent to an activating group) is 1. The number of fused-ring (bicyclic) bond motifs is 1. The van der Waals surface area contributed by atoms with Crippen molar-refractivity contribution >= 4 is 17.3 Å². The lowest BCUT2D eigenvalue weighted by atomic mass is 10.0. The Kier molecular flexibility index (Phi) is 7.29. The highest BCUT2D eigenvalue weighted by Crippen LogP contribution is 2.25. The van der Waals surface area contributed by atoms with E-state index in [1.165, 1.54) is 0 Å². The van der Waals surface area contributed by atoms with Gasteiger partial charge in [-0.2, -0.15) is 0 Å². The Morgan fingerprint density at radius 1 is 1.04 bits per heavy atom. The van der Waals surface area contributed by atoms with Crippen LogP contribution in [0.3, 0.4) is 0 Å². The number of aromatic nitrogens is 1. The summed E-state index contributed by atoms with van der Waals surface area (Å²) in [5.74, 6) is 0.0193. The number of anilines is 1. The zero-order valence-electron chi connectivity index (χ0n) is 15.2. The summed E-state index contributed by atoms with van der Waals surface area (Å²) in [6.07, 6.45) is 1.74. The van der Waals surface area contributed by atoms with Crippen molar-refractivity contribution in [2.45, 2.75) is 20.8 Å². The zero-order valence-corrected chi connectivity index (χ0v) is 15.2. The average molecular weight is 338 g/mol. The zero-order chi connectivity index (χ0) is 18.1. The van der Waals surface area contributed by atoms with Crippen LogP contribution in [0.5, 0.6) is 0 Å². The maximum atomic E-state index is 12.2. The van der Waals surface area contributed by atoms with Gasteiger partial charge in [-0.3, -0.25) is 14.8 Å². The predicted molar refractivity (Wildman–Crippen MR) is 103 cm³/mol. The molecule has 0 saturated carbocycles. The molecule has 0 atom stereocenters. The van der Waals surface area contributed by atoms with Gasteiger partial charge in [0.2, 0.25) is 5.91 Å². The van der Waals surface area contributed by atoms with Crippen molar-refractivity contribution in [2.75, 3.05) is 31.1 Å². The first-order valence-electron chi connectivity index (χ1n) is 8.79. The van der Waals surface area contributed by atoms with Gasteiger partial charge in [0.25, 0.3) is 0 Å². The van der Waals surface area contributed by atoms with Gasteiger partial charge in [-0.05, 0) is 38.2 Å². The molecule has 1 aliphatic heterocycles. The molecule has 5 heteroatoms. The highest BCUT2D eigenvalue weighted by molar-refractivity contribution is 6.18. The van der Waals surface area contributed by atoms with Crippen LogP contribution >= 0.6 is 0 Å². The van der Waals surface area contributed by atoms with E-state index < -0.39 is 0 Å². The van der Waals surface area contributed by atoms with Gasteiger partial charge in [0.1, 0.15) is 6.54 Å². The van der Waals surface area contributed by atoms with Crippen molar-refractivity contribution in [2.24, 2.45) is 4.99 Å². The molecule has 0 saturated heterocycles. The maximum absolute atomic E-state index is 12.2. The van der Waals surface area contributed by atoms with Crippen LogP contribution in [0, 0.1) is 0 Å². The number of hydrogen-bond donors (Lipinski definition) is 1. The molecule has 2 aromatic rings. The first-order chi connectivity index (χ1) is 12.2. The third-order valence-corrected chi connectivity index (χ3v) is 3.85. The predicted octanol–water partition coefficient (Wildman–Crippen LogP) is 2.90. The average Bonchev–Trinajstić information content (AvgIpc) is 2.79. The van der Waals surface area contributed by atoms with Crippen LogP contribution in [-0.2, 0) is 4.79 Å². The molecule has 2 heterocycles. The number of nitrogens with one attached hydrogen (secondary N) is 1. The molecule has 1 aromatic heterocycles. The minimum absolute atomic E-state index is 0.0193. The Hall–Kier alpha value is -2.53. The summed E-state index contributed by atoms with van der Waals surface area (Å²) in [5, 5.41) is 3.11. The van der Waals surface area contributed by atoms with E-state index in [9.17, 15) is 4.79 Å². The Morgan fingerprint density at radius 3 is 2.36 bits per heavy atom. The molecule has 0 fully saturated rings. The van der Waals surface area contributed by atoms with E-state index in [4.69, 9.17) is 0 Å². The second kappa shape index (κ2) is 9.69. The Bertz CT molecular complexity index is 711. The summed E-state index contributed by atoms with van der Waals surface area (Å²) in [4.78, 5) is 22.8. The normalized spacial score (nSPS) is 13.3. The summed E-state index contributed by atoms with van der Waals surface area (Å²) < 4.78 is 0. The largest absolute Gasteiger partial charge is 0.317 e. The fraction of sp³-hybridized carbons (Fsp3) is 0.350. The SMILES string of the molecule is CCN1C(=O)CN=C(c2ccccn2)c2ccccc21.CCNCC. The molecule has 0 unspecified atom stereocenters. The van der Waals surface area contributed by atoms with E-state index in [1.54, 1.807) is 11.1 Å². The van der Waals surface area contributed by atoms with Crippen molar-refractivity contribution in [1.29, 1.82) is 0 Å². The maximum Gasteiger partial charge on any atom is 0.248 e. The van der Waals surface area contributed by atoms with Crippen molar-refractivity contribution < 1.29 is 4.79 Å². The van der Waals surface area contributed by atoms with Gasteiger partial charge in [0.05, 0.1) is 17.1 Å². The first kappa shape index (κ1) is 18.8. The number of nitrogens with zero attached hydrogens (tertiary/aromatic N) is 3. The molecule has 0 bridgehead atoms. The highest BCUT2D eigenvalue weighted by atomic mass is 16.2. The molecule has 0 spiro atoms. The summed E-state index contributed by atoms with van der Waals surface area (Å²) in [6.45, 7) is 9.16. The number of aliphatic imine (C=N–C) groups is 1. The number of carbonyl (C=O) groups is 1. The third-order valence-electron chi connectivity index (χ3n) is 3.85. The first-order valence-corrected chi connectivity index (χ1v) is 8.79. The van der Waals surface area contributed by atoms with E-state index in [0.29, 0.717) is 6.54 Å². The van der Waals surface area contributed by atoms with Crippen LogP contribution in [0.1, 0.15) is 32.0 Å². The van der Waals surface area contributed by atoms with Gasteiger partial charge in [0.15, 0.2) is 0 Å². The Labute approximate surface area is 149 Å². The molecule has 1 aromatic carbocycles. The molecule has 3 rings (SSSR count). The summed E-state index contributed by atoms with van der Waals surface area (Å²) in [6, 6.07) is 13.6. The van der Waals surface area contributed by atoms with Gasteiger partial charge >= 0.3 is 0 Å². The van der Waals surface area contributed by atoms with Crippen LogP contribution in [0.25, 0.3) is 0 Å². The van der Waals surface area contributed by atoms with Crippen LogP contribution in [0.15, 0.2) is 53.7 Å². The highest BCUT2D eigenvalue weighted by Gasteiger charge is 2.23. The van der Waals surface area contributed by atoms with Gasteiger partial charge in [0, 0.05) is 18.3 Å². The molecule has 0 aliphatic carbocycles. The molecule has 1 aliphatic rings. The second-order valence-corrected chi connectivity index (χ2v) is 5.49. The number of carbonyl (C=O) groups excluding carboxylic acids is 1. The monoisotopic (exact) mass is 338 g/mol. The van der Waals surface area contributed by atoms with Gasteiger partial charge in [-0.1, -0.05) is 38.1 Å². The van der Waals surface area contributed by atoms with Crippen molar-refractivity contribution in [3.05, 3.63) is 59.9 Å². The van der Waals surface area contributed by atoms with Crippen LogP contribution in [0.2, 0.25) is 0 Å². The lowest BCUT2D eigenvalue weighted by Gasteiger charge is -2.20. The molecule has 1 N–H and O–H groups in total. The quantitative estimate of drug-likeness (QED) is 0.932. The molecule has 5 nitrogen and oxygen atoms in total. The number of benzodiazepines with no additional fused rings is 1. The minimum atomic E-state index is 0.0193. The van der Waals surface area contributed by atoms with Gasteiger partial charge < -0.3 is 10.2 Å². The van der Waals surface area contributed by atoms with E-state index in [1.807, 2.05) is 49.4 Å². The van der Waals surface area contributed by atoms with Crippen molar-refractivity contribution in [3.8, 4) is 0 Å².